The third-order valence-corrected chi connectivity index (χ3v) is 4.14. The first-order valence-corrected chi connectivity index (χ1v) is 7.87. The second-order valence-corrected chi connectivity index (χ2v) is 6.37. The molecule has 0 spiro atoms. The van der Waals surface area contributed by atoms with Crippen LogP contribution in [0.2, 0.25) is 0 Å². The predicted molar refractivity (Wildman–Crippen MR) is 83.0 cm³/mol. The Balaban J connectivity index is 2.00. The molecular weight excluding hydrogens is 270 g/mol. The van der Waals surface area contributed by atoms with Crippen LogP contribution in [0.5, 0.6) is 0 Å². The first kappa shape index (κ1) is 14.9. The van der Waals surface area contributed by atoms with Crippen LogP contribution in [0, 0.1) is 0 Å². The van der Waals surface area contributed by atoms with Crippen LogP contribution < -0.4 is 10.2 Å². The van der Waals surface area contributed by atoms with E-state index in [4.69, 9.17) is 0 Å². The number of hydrogen-bond acceptors (Lipinski definition) is 3. The Morgan fingerprint density at radius 1 is 1.40 bits per heavy atom. The number of likely N-dealkylation sites (N-methyl/N-ethyl adjacent to an activating group) is 1. The molecule has 2 N–H and O–H groups in total. The zero-order chi connectivity index (χ0) is 14.5. The van der Waals surface area contributed by atoms with Gasteiger partial charge in [0.15, 0.2) is 6.54 Å². The maximum absolute atomic E-state index is 11.8. The third-order valence-electron chi connectivity index (χ3n) is 3.10. The van der Waals surface area contributed by atoms with Gasteiger partial charge in [-0.05, 0) is 32.9 Å². The van der Waals surface area contributed by atoms with Crippen molar-refractivity contribution in [1.82, 2.24) is 10.3 Å². The maximum atomic E-state index is 11.8. The number of rotatable bonds is 6. The number of carbonyl (C=O) groups is 1. The molecule has 20 heavy (non-hydrogen) atoms. The first-order valence-electron chi connectivity index (χ1n) is 7.06. The standard InChI is InChI=1S/C15H21N3OS/c1-4-18(9-14(19)16-11(2)3)10-15-17-12-7-5-6-8-13(12)20-15/h5-8,11H,4,9-10H2,1-3H3,(H,16,19)/p+1. The summed E-state index contributed by atoms with van der Waals surface area (Å²) in [7, 11) is 0. The Morgan fingerprint density at radius 2 is 2.15 bits per heavy atom. The summed E-state index contributed by atoms with van der Waals surface area (Å²) in [6.45, 7) is 8.30. The molecule has 0 fully saturated rings. The summed E-state index contributed by atoms with van der Waals surface area (Å²) >= 11 is 1.72. The predicted octanol–water partition coefficient (Wildman–Crippen LogP) is 1.23. The smallest absolute Gasteiger partial charge is 0.275 e. The second-order valence-electron chi connectivity index (χ2n) is 5.25. The lowest BCUT2D eigenvalue weighted by Gasteiger charge is -2.16. The number of aromatic nitrogens is 1. The fourth-order valence-electron chi connectivity index (χ4n) is 2.12. The SMILES string of the molecule is CC[NH+](CC(=O)NC(C)C)Cc1nc2ccccc2s1. The first-order chi connectivity index (χ1) is 9.58. The normalized spacial score (nSPS) is 12.8. The van der Waals surface area contributed by atoms with Crippen molar-refractivity contribution >= 4 is 27.5 Å². The minimum atomic E-state index is 0.109. The fraction of sp³-hybridized carbons (Fsp3) is 0.467. The van der Waals surface area contributed by atoms with Crippen molar-refractivity contribution < 1.29 is 9.69 Å². The highest BCUT2D eigenvalue weighted by Crippen LogP contribution is 2.20. The molecule has 0 aliphatic carbocycles. The Hall–Kier alpha value is -1.46. The number of fused-ring (bicyclic) bond motifs is 1. The molecule has 2 rings (SSSR count). The van der Waals surface area contributed by atoms with Crippen LogP contribution in [-0.4, -0.2) is 30.0 Å². The van der Waals surface area contributed by atoms with E-state index in [-0.39, 0.29) is 11.9 Å². The van der Waals surface area contributed by atoms with Gasteiger partial charge in [-0.25, -0.2) is 4.98 Å². The Kier molecular flexibility index (Phi) is 5.09. The molecule has 0 saturated carbocycles. The average Bonchev–Trinajstić information content (AvgIpc) is 2.79. The number of nitrogens with one attached hydrogen (secondary N) is 2. The summed E-state index contributed by atoms with van der Waals surface area (Å²) in [5.41, 5.74) is 1.05. The molecule has 0 radical (unpaired) electrons. The van der Waals surface area contributed by atoms with Gasteiger partial charge < -0.3 is 10.2 Å². The van der Waals surface area contributed by atoms with Crippen LogP contribution in [0.25, 0.3) is 10.2 Å². The zero-order valence-electron chi connectivity index (χ0n) is 12.3. The summed E-state index contributed by atoms with van der Waals surface area (Å²) in [6, 6.07) is 8.36. The van der Waals surface area contributed by atoms with Gasteiger partial charge in [0, 0.05) is 6.04 Å². The molecule has 0 saturated heterocycles. The molecule has 1 heterocycles. The van der Waals surface area contributed by atoms with Crippen LogP contribution in [-0.2, 0) is 11.3 Å². The highest BCUT2D eigenvalue weighted by Gasteiger charge is 2.15. The van der Waals surface area contributed by atoms with Crippen molar-refractivity contribution in [3.8, 4) is 0 Å². The quantitative estimate of drug-likeness (QED) is 0.841. The van der Waals surface area contributed by atoms with Crippen LogP contribution >= 0.6 is 11.3 Å². The van der Waals surface area contributed by atoms with Crippen LogP contribution in [0.1, 0.15) is 25.8 Å². The number of nitrogens with zero attached hydrogens (tertiary/aromatic N) is 1. The summed E-state index contributed by atoms with van der Waals surface area (Å²) in [4.78, 5) is 17.7. The van der Waals surface area contributed by atoms with E-state index in [1.807, 2.05) is 32.0 Å². The summed E-state index contributed by atoms with van der Waals surface area (Å²) < 4.78 is 1.21. The van der Waals surface area contributed by atoms with E-state index >= 15 is 0 Å². The van der Waals surface area contributed by atoms with Gasteiger partial charge in [-0.1, -0.05) is 12.1 Å². The van der Waals surface area contributed by atoms with Crippen molar-refractivity contribution in [3.05, 3.63) is 29.3 Å². The Morgan fingerprint density at radius 3 is 2.80 bits per heavy atom. The average molecular weight is 292 g/mol. The van der Waals surface area contributed by atoms with E-state index in [1.54, 1.807) is 11.3 Å². The summed E-state index contributed by atoms with van der Waals surface area (Å²) in [5, 5.41) is 4.04. The molecular formula is C15H22N3OS+. The monoisotopic (exact) mass is 292 g/mol. The molecule has 2 aromatic rings. The topological polar surface area (TPSA) is 46.4 Å². The maximum Gasteiger partial charge on any atom is 0.275 e. The van der Waals surface area contributed by atoms with Gasteiger partial charge in [-0.15, -0.1) is 11.3 Å². The van der Waals surface area contributed by atoms with E-state index in [2.05, 4.69) is 23.3 Å². The van der Waals surface area contributed by atoms with E-state index in [9.17, 15) is 4.79 Å². The van der Waals surface area contributed by atoms with Crippen LogP contribution in [0.4, 0.5) is 0 Å². The number of thiazole rings is 1. The van der Waals surface area contributed by atoms with Gasteiger partial charge in [-0.3, -0.25) is 4.79 Å². The number of benzene rings is 1. The molecule has 1 atom stereocenters. The Labute approximate surface area is 123 Å². The lowest BCUT2D eigenvalue weighted by molar-refractivity contribution is -0.904. The lowest BCUT2D eigenvalue weighted by Crippen LogP contribution is -3.11. The van der Waals surface area contributed by atoms with Gasteiger partial charge in [0.25, 0.3) is 5.91 Å². The molecule has 1 aromatic carbocycles. The highest BCUT2D eigenvalue weighted by molar-refractivity contribution is 7.18. The van der Waals surface area contributed by atoms with Crippen molar-refractivity contribution in [2.45, 2.75) is 33.4 Å². The minimum absolute atomic E-state index is 0.109. The fourth-order valence-corrected chi connectivity index (χ4v) is 3.16. The zero-order valence-corrected chi connectivity index (χ0v) is 13.1. The van der Waals surface area contributed by atoms with Gasteiger partial charge >= 0.3 is 0 Å². The number of para-hydroxylation sites is 1. The molecule has 1 aromatic heterocycles. The number of hydrogen-bond donors (Lipinski definition) is 2. The second kappa shape index (κ2) is 6.81. The molecule has 0 aliphatic heterocycles. The van der Waals surface area contributed by atoms with Gasteiger partial charge in [0.05, 0.1) is 16.8 Å². The summed E-state index contributed by atoms with van der Waals surface area (Å²) in [5.74, 6) is 0.109. The highest BCUT2D eigenvalue weighted by atomic mass is 32.1. The third kappa shape index (κ3) is 4.02. The van der Waals surface area contributed by atoms with Crippen molar-refractivity contribution in [2.24, 2.45) is 0 Å². The van der Waals surface area contributed by atoms with Crippen LogP contribution in [0.15, 0.2) is 24.3 Å². The van der Waals surface area contributed by atoms with Crippen LogP contribution in [0.3, 0.4) is 0 Å². The van der Waals surface area contributed by atoms with Gasteiger partial charge in [-0.2, -0.15) is 0 Å². The number of amides is 1. The Bertz CT molecular complexity index is 546. The lowest BCUT2D eigenvalue weighted by atomic mass is 10.3. The van der Waals surface area contributed by atoms with E-state index in [0.29, 0.717) is 6.54 Å². The van der Waals surface area contributed by atoms with E-state index < -0.39 is 0 Å². The van der Waals surface area contributed by atoms with E-state index in [1.165, 1.54) is 9.60 Å². The molecule has 4 nitrogen and oxygen atoms in total. The molecule has 1 amide bonds. The molecule has 1 unspecified atom stereocenters. The van der Waals surface area contributed by atoms with Gasteiger partial charge in [0.1, 0.15) is 11.6 Å². The van der Waals surface area contributed by atoms with E-state index in [0.717, 1.165) is 23.6 Å². The number of quaternary nitrogens is 1. The van der Waals surface area contributed by atoms with Crippen molar-refractivity contribution in [2.75, 3.05) is 13.1 Å². The van der Waals surface area contributed by atoms with Crippen molar-refractivity contribution in [1.29, 1.82) is 0 Å². The minimum Gasteiger partial charge on any atom is -0.349 e. The largest absolute Gasteiger partial charge is 0.349 e. The molecule has 5 heteroatoms. The summed E-state index contributed by atoms with van der Waals surface area (Å²) in [6.07, 6.45) is 0. The molecule has 0 bridgehead atoms. The molecule has 0 aliphatic rings. The van der Waals surface area contributed by atoms with Gasteiger partial charge in [0.2, 0.25) is 0 Å². The molecule has 108 valence electrons. The van der Waals surface area contributed by atoms with Crippen molar-refractivity contribution in [3.63, 3.8) is 0 Å². The number of carbonyl (C=O) groups excluding carboxylic acids is 1.